The molecular weight excluding hydrogens is 439 g/mol. The number of amides is 1. The SMILES string of the molecule is Nn1c(COc2ccc(F)cc2)nnc1SCC(=O)N1CCN(Cc2cccs2)CC1. The van der Waals surface area contributed by atoms with Gasteiger partial charge in [0.25, 0.3) is 0 Å². The van der Waals surface area contributed by atoms with Crippen LogP contribution in [0, 0.1) is 5.82 Å². The highest BCUT2D eigenvalue weighted by molar-refractivity contribution is 7.99. The molecule has 1 saturated heterocycles. The summed E-state index contributed by atoms with van der Waals surface area (Å²) in [5, 5.41) is 10.6. The minimum absolute atomic E-state index is 0.0629. The van der Waals surface area contributed by atoms with E-state index >= 15 is 0 Å². The molecule has 1 fully saturated rings. The molecule has 0 bridgehead atoms. The molecule has 1 aliphatic rings. The van der Waals surface area contributed by atoms with Crippen molar-refractivity contribution in [1.82, 2.24) is 24.7 Å². The van der Waals surface area contributed by atoms with Gasteiger partial charge in [-0.25, -0.2) is 9.07 Å². The van der Waals surface area contributed by atoms with Gasteiger partial charge in [-0.15, -0.1) is 21.5 Å². The first-order valence-electron chi connectivity index (χ1n) is 9.81. The molecule has 0 radical (unpaired) electrons. The lowest BCUT2D eigenvalue weighted by molar-refractivity contribution is -0.130. The highest BCUT2D eigenvalue weighted by atomic mass is 32.2. The van der Waals surface area contributed by atoms with Crippen LogP contribution in [0.15, 0.2) is 46.9 Å². The second kappa shape index (κ2) is 10.1. The van der Waals surface area contributed by atoms with Crippen molar-refractivity contribution < 1.29 is 13.9 Å². The predicted octanol–water partition coefficient (Wildman–Crippen LogP) is 2.21. The molecule has 0 aliphatic carbocycles. The Morgan fingerprint density at radius 1 is 1.16 bits per heavy atom. The molecule has 164 valence electrons. The Labute approximate surface area is 187 Å². The molecule has 1 aliphatic heterocycles. The smallest absolute Gasteiger partial charge is 0.233 e. The number of nitrogens with two attached hydrogens (primary N) is 1. The monoisotopic (exact) mass is 462 g/mol. The third kappa shape index (κ3) is 5.75. The molecular formula is C20H23FN6O2S2. The Hall–Kier alpha value is -2.63. The predicted molar refractivity (Wildman–Crippen MR) is 118 cm³/mol. The average Bonchev–Trinajstić information content (AvgIpc) is 3.42. The van der Waals surface area contributed by atoms with E-state index in [-0.39, 0.29) is 24.1 Å². The van der Waals surface area contributed by atoms with Crippen molar-refractivity contribution >= 4 is 29.0 Å². The first-order chi connectivity index (χ1) is 15.1. The van der Waals surface area contributed by atoms with Crippen LogP contribution >= 0.6 is 23.1 Å². The van der Waals surface area contributed by atoms with E-state index in [1.165, 1.54) is 45.6 Å². The number of halogens is 1. The van der Waals surface area contributed by atoms with E-state index < -0.39 is 0 Å². The Kier molecular flexibility index (Phi) is 7.05. The standard InChI is InChI=1S/C20H23FN6O2S2/c21-15-3-5-16(6-4-15)29-13-18-23-24-20(27(18)22)31-14-19(28)26-9-7-25(8-10-26)12-17-2-1-11-30-17/h1-6,11H,7-10,12-14,22H2. The van der Waals surface area contributed by atoms with Gasteiger partial charge in [0.2, 0.25) is 11.1 Å². The number of carbonyl (C=O) groups is 1. The molecule has 1 amide bonds. The average molecular weight is 463 g/mol. The number of aromatic nitrogens is 3. The highest BCUT2D eigenvalue weighted by Gasteiger charge is 2.22. The Bertz CT molecular complexity index is 988. The zero-order valence-corrected chi connectivity index (χ0v) is 18.4. The van der Waals surface area contributed by atoms with Crippen molar-refractivity contribution in [2.45, 2.75) is 18.3 Å². The van der Waals surface area contributed by atoms with Gasteiger partial charge in [-0.3, -0.25) is 9.69 Å². The molecule has 1 aromatic carbocycles. The summed E-state index contributed by atoms with van der Waals surface area (Å²) in [7, 11) is 0. The van der Waals surface area contributed by atoms with Crippen molar-refractivity contribution in [2.75, 3.05) is 37.8 Å². The van der Waals surface area contributed by atoms with Crippen molar-refractivity contribution in [3.8, 4) is 5.75 Å². The van der Waals surface area contributed by atoms with Crippen molar-refractivity contribution in [2.24, 2.45) is 0 Å². The minimum Gasteiger partial charge on any atom is -0.486 e. The Balaban J connectivity index is 1.22. The number of ether oxygens (including phenoxy) is 1. The van der Waals surface area contributed by atoms with Crippen LogP contribution in [-0.4, -0.2) is 62.5 Å². The molecule has 3 heterocycles. The number of nitrogens with zero attached hydrogens (tertiary/aromatic N) is 5. The maximum atomic E-state index is 13.0. The summed E-state index contributed by atoms with van der Waals surface area (Å²) in [5.74, 6) is 6.94. The second-order valence-corrected chi connectivity index (χ2v) is 9.01. The number of hydrogen-bond acceptors (Lipinski definition) is 8. The normalized spacial score (nSPS) is 14.7. The lowest BCUT2D eigenvalue weighted by atomic mass is 10.3. The quantitative estimate of drug-likeness (QED) is 0.406. The molecule has 0 spiro atoms. The van der Waals surface area contributed by atoms with E-state index in [2.05, 4.69) is 32.6 Å². The third-order valence-corrected chi connectivity index (χ3v) is 6.71. The van der Waals surface area contributed by atoms with Crippen LogP contribution < -0.4 is 10.6 Å². The molecule has 4 rings (SSSR count). The van der Waals surface area contributed by atoms with Crippen LogP contribution in [-0.2, 0) is 17.9 Å². The number of nitrogen functional groups attached to an aromatic ring is 1. The lowest BCUT2D eigenvalue weighted by Crippen LogP contribution is -2.48. The topological polar surface area (TPSA) is 89.5 Å². The van der Waals surface area contributed by atoms with Crippen LogP contribution in [0.25, 0.3) is 0 Å². The molecule has 0 atom stereocenters. The van der Waals surface area contributed by atoms with E-state index in [4.69, 9.17) is 10.6 Å². The summed E-state index contributed by atoms with van der Waals surface area (Å²) in [6.07, 6.45) is 0. The molecule has 11 heteroatoms. The minimum atomic E-state index is -0.332. The van der Waals surface area contributed by atoms with Gasteiger partial charge in [0.15, 0.2) is 5.82 Å². The largest absolute Gasteiger partial charge is 0.486 e. The van der Waals surface area contributed by atoms with Gasteiger partial charge in [-0.1, -0.05) is 17.8 Å². The first-order valence-corrected chi connectivity index (χ1v) is 11.7. The van der Waals surface area contributed by atoms with Crippen LogP contribution in [0.2, 0.25) is 0 Å². The number of thiophene rings is 1. The molecule has 0 saturated carbocycles. The molecule has 8 nitrogen and oxygen atoms in total. The van der Waals surface area contributed by atoms with E-state index in [0.29, 0.717) is 16.7 Å². The van der Waals surface area contributed by atoms with Gasteiger partial charge in [0.05, 0.1) is 5.75 Å². The number of hydrogen-bond donors (Lipinski definition) is 1. The molecule has 3 aromatic rings. The third-order valence-electron chi connectivity index (χ3n) is 4.93. The summed E-state index contributed by atoms with van der Waals surface area (Å²) < 4.78 is 19.8. The zero-order valence-electron chi connectivity index (χ0n) is 16.8. The fraction of sp³-hybridized carbons (Fsp3) is 0.350. The number of carbonyl (C=O) groups excluding carboxylic acids is 1. The molecule has 31 heavy (non-hydrogen) atoms. The summed E-state index contributed by atoms with van der Waals surface area (Å²) in [6, 6.07) is 9.89. The summed E-state index contributed by atoms with van der Waals surface area (Å²) in [5.41, 5.74) is 0. The second-order valence-electron chi connectivity index (χ2n) is 7.04. The summed E-state index contributed by atoms with van der Waals surface area (Å²) in [6.45, 7) is 4.20. The van der Waals surface area contributed by atoms with Gasteiger partial charge < -0.3 is 15.5 Å². The summed E-state index contributed by atoms with van der Waals surface area (Å²) in [4.78, 5) is 18.2. The van der Waals surface area contributed by atoms with Crippen LogP contribution in [0.4, 0.5) is 4.39 Å². The number of benzene rings is 1. The van der Waals surface area contributed by atoms with Crippen molar-refractivity contribution in [3.05, 3.63) is 58.3 Å². The zero-order chi connectivity index (χ0) is 21.6. The van der Waals surface area contributed by atoms with Gasteiger partial charge in [-0.2, -0.15) is 0 Å². The van der Waals surface area contributed by atoms with E-state index in [1.807, 2.05) is 4.90 Å². The number of rotatable bonds is 8. The molecule has 2 N–H and O–H groups in total. The first kappa shape index (κ1) is 21.6. The van der Waals surface area contributed by atoms with E-state index in [9.17, 15) is 9.18 Å². The maximum absolute atomic E-state index is 13.0. The lowest BCUT2D eigenvalue weighted by Gasteiger charge is -2.34. The Morgan fingerprint density at radius 3 is 2.65 bits per heavy atom. The van der Waals surface area contributed by atoms with Crippen LogP contribution in [0.3, 0.4) is 0 Å². The maximum Gasteiger partial charge on any atom is 0.233 e. The van der Waals surface area contributed by atoms with Crippen molar-refractivity contribution in [3.63, 3.8) is 0 Å². The van der Waals surface area contributed by atoms with Gasteiger partial charge in [-0.05, 0) is 35.7 Å². The number of thioether (sulfide) groups is 1. The summed E-state index contributed by atoms with van der Waals surface area (Å²) >= 11 is 3.01. The Morgan fingerprint density at radius 2 is 1.94 bits per heavy atom. The fourth-order valence-corrected chi connectivity index (χ4v) is 4.70. The fourth-order valence-electron chi connectivity index (χ4n) is 3.18. The van der Waals surface area contributed by atoms with E-state index in [1.54, 1.807) is 11.3 Å². The van der Waals surface area contributed by atoms with Gasteiger partial charge in [0.1, 0.15) is 18.2 Å². The van der Waals surface area contributed by atoms with Gasteiger partial charge >= 0.3 is 0 Å². The molecule has 0 unspecified atom stereocenters. The van der Waals surface area contributed by atoms with Crippen LogP contribution in [0.5, 0.6) is 5.75 Å². The molecule has 2 aromatic heterocycles. The van der Waals surface area contributed by atoms with E-state index in [0.717, 1.165) is 32.7 Å². The van der Waals surface area contributed by atoms with Crippen molar-refractivity contribution in [1.29, 1.82) is 0 Å². The van der Waals surface area contributed by atoms with Gasteiger partial charge in [0, 0.05) is 37.6 Å². The highest BCUT2D eigenvalue weighted by Crippen LogP contribution is 2.18. The van der Waals surface area contributed by atoms with Crippen LogP contribution in [0.1, 0.15) is 10.7 Å². The number of piperazine rings is 1.